The van der Waals surface area contributed by atoms with E-state index < -0.39 is 16.1 Å². The monoisotopic (exact) mass is 610 g/mol. The Morgan fingerprint density at radius 1 is 1.02 bits per heavy atom. The molecule has 1 unspecified atom stereocenters. The molecule has 3 amide bonds. The zero-order valence-corrected chi connectivity index (χ0v) is 25.1. The highest BCUT2D eigenvalue weighted by atomic mass is 32.2. The Morgan fingerprint density at radius 2 is 1.72 bits per heavy atom. The average molecular weight is 611 g/mol. The summed E-state index contributed by atoms with van der Waals surface area (Å²) in [4.78, 5) is 39.2. The van der Waals surface area contributed by atoms with Crippen molar-refractivity contribution >= 4 is 33.6 Å². The minimum absolute atomic E-state index is 0.0172. The molecule has 2 bridgehead atoms. The molecule has 4 heterocycles. The number of likely N-dealkylation sites (tertiary alicyclic amines) is 1. The first-order chi connectivity index (χ1) is 20.7. The Morgan fingerprint density at radius 3 is 2.42 bits per heavy atom. The van der Waals surface area contributed by atoms with Crippen LogP contribution in [0.3, 0.4) is 0 Å². The minimum Gasteiger partial charge on any atom is -0.479 e. The molecule has 0 saturated carbocycles. The van der Waals surface area contributed by atoms with Crippen molar-refractivity contribution in [1.29, 1.82) is 0 Å². The lowest BCUT2D eigenvalue weighted by Crippen LogP contribution is -2.53. The van der Waals surface area contributed by atoms with Crippen molar-refractivity contribution in [3.63, 3.8) is 0 Å². The Bertz CT molecular complexity index is 1460. The number of nitrogens with one attached hydrogen (secondary N) is 2. The van der Waals surface area contributed by atoms with Crippen LogP contribution in [-0.2, 0) is 26.2 Å². The molecular weight excluding hydrogens is 572 g/mol. The van der Waals surface area contributed by atoms with Crippen LogP contribution in [0.15, 0.2) is 48.5 Å². The maximum Gasteiger partial charge on any atom is 0.410 e. The standard InChI is InChI=1S/C31H38N4O7S/c1-20-29(36)33-27-15-23(7-10-28(27)42-20)30(37)32-24-16-25-8-9-26(17-24)35(25)43(39,40)19-22-11-13-34(14-12-22)31(38)41-18-21-5-3-2-4-6-21/h2-7,10,15,20,22,24-26H,8-9,11-14,16-19H2,1H3,(H,32,37)(H,33,36)/t20?,24-,25-,26+. The predicted octanol–water partition coefficient (Wildman–Crippen LogP) is 3.51. The van der Waals surface area contributed by atoms with Gasteiger partial charge in [0, 0.05) is 36.8 Å². The summed E-state index contributed by atoms with van der Waals surface area (Å²) in [7, 11) is -3.50. The van der Waals surface area contributed by atoms with E-state index in [1.54, 1.807) is 34.3 Å². The molecule has 0 aromatic heterocycles. The quantitative estimate of drug-likeness (QED) is 0.490. The summed E-state index contributed by atoms with van der Waals surface area (Å²) in [6, 6.07) is 14.1. The molecule has 6 rings (SSSR count). The second kappa shape index (κ2) is 12.2. The summed E-state index contributed by atoms with van der Waals surface area (Å²) in [5.41, 5.74) is 1.80. The number of carbonyl (C=O) groups excluding carboxylic acids is 3. The lowest BCUT2D eigenvalue weighted by atomic mass is 9.99. The number of piperidine rings is 2. The topological polar surface area (TPSA) is 134 Å². The maximum absolute atomic E-state index is 13.6. The van der Waals surface area contributed by atoms with Crippen LogP contribution in [0, 0.1) is 5.92 Å². The van der Waals surface area contributed by atoms with E-state index in [0.29, 0.717) is 55.8 Å². The van der Waals surface area contributed by atoms with Gasteiger partial charge in [-0.1, -0.05) is 30.3 Å². The fourth-order valence-corrected chi connectivity index (χ4v) is 9.19. The average Bonchev–Trinajstić information content (AvgIpc) is 3.29. The summed E-state index contributed by atoms with van der Waals surface area (Å²) in [5, 5.41) is 5.85. The second-order valence-corrected chi connectivity index (χ2v) is 14.0. The molecule has 0 radical (unpaired) electrons. The van der Waals surface area contributed by atoms with Gasteiger partial charge in [0.05, 0.1) is 11.4 Å². The van der Waals surface area contributed by atoms with Gasteiger partial charge in [0.2, 0.25) is 10.0 Å². The Balaban J connectivity index is 0.992. The van der Waals surface area contributed by atoms with Crippen molar-refractivity contribution in [3.8, 4) is 5.75 Å². The highest BCUT2D eigenvalue weighted by Gasteiger charge is 2.47. The number of hydrogen-bond acceptors (Lipinski definition) is 7. The van der Waals surface area contributed by atoms with Crippen molar-refractivity contribution < 1.29 is 32.3 Å². The Kier molecular flexibility index (Phi) is 8.32. The summed E-state index contributed by atoms with van der Waals surface area (Å²) in [6.45, 7) is 2.83. The molecule has 4 aliphatic heterocycles. The van der Waals surface area contributed by atoms with Crippen LogP contribution in [0.1, 0.15) is 61.4 Å². The van der Waals surface area contributed by atoms with Crippen molar-refractivity contribution in [2.24, 2.45) is 5.92 Å². The molecule has 43 heavy (non-hydrogen) atoms. The lowest BCUT2D eigenvalue weighted by Gasteiger charge is -2.39. The van der Waals surface area contributed by atoms with Gasteiger partial charge in [-0.15, -0.1) is 0 Å². The molecule has 11 nitrogen and oxygen atoms in total. The van der Waals surface area contributed by atoms with Crippen LogP contribution >= 0.6 is 0 Å². The number of amides is 3. The summed E-state index contributed by atoms with van der Waals surface area (Å²) in [6.07, 6.45) is 2.97. The molecular formula is C31H38N4O7S. The third-order valence-electron chi connectivity index (χ3n) is 9.02. The lowest BCUT2D eigenvalue weighted by molar-refractivity contribution is -0.122. The van der Waals surface area contributed by atoms with E-state index in [4.69, 9.17) is 9.47 Å². The van der Waals surface area contributed by atoms with Crippen LogP contribution in [0.4, 0.5) is 10.5 Å². The van der Waals surface area contributed by atoms with E-state index in [0.717, 1.165) is 18.4 Å². The normalized spacial score (nSPS) is 25.8. The molecule has 0 aliphatic carbocycles. The third-order valence-corrected chi connectivity index (χ3v) is 11.2. The van der Waals surface area contributed by atoms with Crippen LogP contribution in [0.2, 0.25) is 0 Å². The molecule has 2 aromatic carbocycles. The van der Waals surface area contributed by atoms with Gasteiger partial charge in [0.1, 0.15) is 12.4 Å². The van der Waals surface area contributed by atoms with Crippen LogP contribution in [-0.4, -0.2) is 78.6 Å². The molecule has 3 fully saturated rings. The first kappa shape index (κ1) is 29.4. The number of rotatable bonds is 7. The van der Waals surface area contributed by atoms with Crippen LogP contribution in [0.5, 0.6) is 5.75 Å². The molecule has 2 N–H and O–H groups in total. The van der Waals surface area contributed by atoms with Crippen molar-refractivity contribution in [3.05, 3.63) is 59.7 Å². The highest BCUT2D eigenvalue weighted by molar-refractivity contribution is 7.89. The van der Waals surface area contributed by atoms with Crippen molar-refractivity contribution in [2.75, 3.05) is 24.2 Å². The first-order valence-corrected chi connectivity index (χ1v) is 16.7. The zero-order chi connectivity index (χ0) is 30.1. The maximum atomic E-state index is 13.6. The number of nitrogens with zero attached hydrogens (tertiary/aromatic N) is 2. The summed E-state index contributed by atoms with van der Waals surface area (Å²) < 4.78 is 40.0. The predicted molar refractivity (Wildman–Crippen MR) is 159 cm³/mol. The second-order valence-electron chi connectivity index (χ2n) is 12.1. The third kappa shape index (κ3) is 6.50. The molecule has 230 valence electrons. The van der Waals surface area contributed by atoms with Crippen molar-refractivity contribution in [1.82, 2.24) is 14.5 Å². The fourth-order valence-electron chi connectivity index (χ4n) is 6.80. The molecule has 4 atom stereocenters. The molecule has 2 aromatic rings. The van der Waals surface area contributed by atoms with E-state index in [1.165, 1.54) is 0 Å². The van der Waals surface area contributed by atoms with Gasteiger partial charge in [0.25, 0.3) is 11.8 Å². The SMILES string of the molecule is CC1Oc2ccc(C(=O)N[C@@H]3C[C@H]4CC[C@@H](C3)N4S(=O)(=O)CC3CCN(C(=O)OCc4ccccc4)CC3)cc2NC1=O. The minimum atomic E-state index is -3.50. The van der Waals surface area contributed by atoms with E-state index in [-0.39, 0.29) is 54.3 Å². The Hall–Kier alpha value is -3.64. The van der Waals surface area contributed by atoms with Gasteiger partial charge in [-0.05, 0) is 75.1 Å². The fraction of sp³-hybridized carbons (Fsp3) is 0.516. The molecule has 12 heteroatoms. The van der Waals surface area contributed by atoms with Gasteiger partial charge in [-0.2, -0.15) is 4.31 Å². The molecule has 3 saturated heterocycles. The number of anilines is 1. The number of benzene rings is 2. The largest absolute Gasteiger partial charge is 0.479 e. The Labute approximate surface area is 251 Å². The van der Waals surface area contributed by atoms with Gasteiger partial charge < -0.3 is 25.0 Å². The van der Waals surface area contributed by atoms with E-state index in [1.807, 2.05) is 30.3 Å². The number of fused-ring (bicyclic) bond motifs is 3. The number of sulfonamides is 1. The molecule has 0 spiro atoms. The van der Waals surface area contributed by atoms with E-state index in [9.17, 15) is 22.8 Å². The van der Waals surface area contributed by atoms with Crippen molar-refractivity contribution in [2.45, 2.75) is 76.3 Å². The van der Waals surface area contributed by atoms with Gasteiger partial charge >= 0.3 is 6.09 Å². The highest BCUT2D eigenvalue weighted by Crippen LogP contribution is 2.39. The summed E-state index contributed by atoms with van der Waals surface area (Å²) >= 11 is 0. The van der Waals surface area contributed by atoms with Gasteiger partial charge in [-0.25, -0.2) is 13.2 Å². The number of ether oxygens (including phenoxy) is 2. The first-order valence-electron chi connectivity index (χ1n) is 15.1. The van der Waals surface area contributed by atoms with Gasteiger partial charge in [-0.3, -0.25) is 9.59 Å². The number of hydrogen-bond donors (Lipinski definition) is 2. The van der Waals surface area contributed by atoms with Crippen LogP contribution < -0.4 is 15.4 Å². The molecule has 4 aliphatic rings. The zero-order valence-electron chi connectivity index (χ0n) is 24.2. The van der Waals surface area contributed by atoms with Gasteiger partial charge in [0.15, 0.2) is 6.10 Å². The smallest absolute Gasteiger partial charge is 0.410 e. The van der Waals surface area contributed by atoms with E-state index in [2.05, 4.69) is 10.6 Å². The van der Waals surface area contributed by atoms with Crippen LogP contribution in [0.25, 0.3) is 0 Å². The number of carbonyl (C=O) groups is 3. The van der Waals surface area contributed by atoms with E-state index >= 15 is 0 Å². The summed E-state index contributed by atoms with van der Waals surface area (Å²) in [5.74, 6) is 0.0590.